The van der Waals surface area contributed by atoms with Crippen LogP contribution in [-0.2, 0) is 0 Å². The first-order valence-corrected chi connectivity index (χ1v) is 9.01. The fraction of sp³-hybridized carbons (Fsp3) is 0.0870. The van der Waals surface area contributed by atoms with Crippen LogP contribution in [0.5, 0.6) is 0 Å². The van der Waals surface area contributed by atoms with Gasteiger partial charge >= 0.3 is 0 Å². The third-order valence-electron chi connectivity index (χ3n) is 4.41. The first-order valence-electron chi connectivity index (χ1n) is 8.63. The maximum absolute atomic E-state index is 6.07. The van der Waals surface area contributed by atoms with Crippen molar-refractivity contribution in [1.82, 2.24) is 0 Å². The van der Waals surface area contributed by atoms with Crippen molar-refractivity contribution in [2.45, 2.75) is 6.92 Å². The molecule has 0 atom stereocenters. The fourth-order valence-electron chi connectivity index (χ4n) is 3.05. The minimum atomic E-state index is 0.736. The molecule has 1 heterocycles. The minimum Gasteiger partial charge on any atom is -0.320 e. The van der Waals surface area contributed by atoms with Crippen LogP contribution in [-0.4, -0.2) is 12.4 Å². The van der Waals surface area contributed by atoms with E-state index in [0.29, 0.717) is 0 Å². The van der Waals surface area contributed by atoms with Crippen molar-refractivity contribution >= 4 is 29.2 Å². The number of rotatable bonds is 3. The molecule has 3 heteroatoms. The van der Waals surface area contributed by atoms with Gasteiger partial charge in [-0.1, -0.05) is 71.8 Å². The van der Waals surface area contributed by atoms with Crippen LogP contribution in [0.2, 0.25) is 5.02 Å². The molecule has 0 aromatic heterocycles. The zero-order valence-electron chi connectivity index (χ0n) is 14.6. The second kappa shape index (κ2) is 7.19. The van der Waals surface area contributed by atoms with Crippen LogP contribution in [0, 0.1) is 6.92 Å². The van der Waals surface area contributed by atoms with Crippen LogP contribution >= 0.6 is 11.6 Å². The molecule has 3 aromatic rings. The molecule has 4 rings (SSSR count). The predicted molar refractivity (Wildman–Crippen MR) is 111 cm³/mol. The second-order valence-electron chi connectivity index (χ2n) is 6.41. The lowest BCUT2D eigenvalue weighted by molar-refractivity contribution is 1.13. The Morgan fingerprint density at radius 2 is 1.58 bits per heavy atom. The number of aliphatic imine (C=N–C) groups is 1. The zero-order chi connectivity index (χ0) is 17.9. The highest BCUT2D eigenvalue weighted by Crippen LogP contribution is 2.27. The van der Waals surface area contributed by atoms with Crippen molar-refractivity contribution in [3.8, 4) is 0 Å². The van der Waals surface area contributed by atoms with Gasteiger partial charge in [-0.25, -0.2) is 4.99 Å². The van der Waals surface area contributed by atoms with E-state index in [-0.39, 0.29) is 0 Å². The van der Waals surface area contributed by atoms with Crippen molar-refractivity contribution in [1.29, 1.82) is 0 Å². The topological polar surface area (TPSA) is 15.6 Å². The van der Waals surface area contributed by atoms with E-state index < -0.39 is 0 Å². The van der Waals surface area contributed by atoms with Crippen molar-refractivity contribution in [2.75, 3.05) is 11.4 Å². The molecule has 0 spiro atoms. The van der Waals surface area contributed by atoms with Gasteiger partial charge in [0.1, 0.15) is 5.84 Å². The fourth-order valence-corrected chi connectivity index (χ4v) is 3.17. The van der Waals surface area contributed by atoms with E-state index in [9.17, 15) is 0 Å². The molecule has 26 heavy (non-hydrogen) atoms. The Bertz CT molecular complexity index is 955. The Morgan fingerprint density at radius 3 is 2.27 bits per heavy atom. The molecule has 0 N–H and O–H groups in total. The summed E-state index contributed by atoms with van der Waals surface area (Å²) < 4.78 is 0. The van der Waals surface area contributed by atoms with Gasteiger partial charge in [-0.15, -0.1) is 0 Å². The molecular formula is C23H19ClN2. The molecule has 0 amide bonds. The summed E-state index contributed by atoms with van der Waals surface area (Å²) in [7, 11) is 0. The molecule has 0 bridgehead atoms. The lowest BCUT2D eigenvalue weighted by atomic mass is 10.1. The van der Waals surface area contributed by atoms with Gasteiger partial charge in [0.15, 0.2) is 0 Å². The number of aryl methyl sites for hydroxylation is 1. The maximum Gasteiger partial charge on any atom is 0.141 e. The number of hydrogen-bond donors (Lipinski definition) is 0. The molecule has 0 saturated carbocycles. The number of anilines is 1. The molecular weight excluding hydrogens is 340 g/mol. The highest BCUT2D eigenvalue weighted by molar-refractivity contribution is 6.30. The largest absolute Gasteiger partial charge is 0.320 e. The lowest BCUT2D eigenvalue weighted by Crippen LogP contribution is -2.27. The predicted octanol–water partition coefficient (Wildman–Crippen LogP) is 5.96. The Labute approximate surface area is 159 Å². The average molecular weight is 359 g/mol. The number of benzene rings is 3. The van der Waals surface area contributed by atoms with Gasteiger partial charge in [0.05, 0.1) is 12.2 Å². The summed E-state index contributed by atoms with van der Waals surface area (Å²) in [6, 6.07) is 26.7. The smallest absolute Gasteiger partial charge is 0.141 e. The van der Waals surface area contributed by atoms with E-state index in [0.717, 1.165) is 39.9 Å². The first kappa shape index (κ1) is 16.6. The van der Waals surface area contributed by atoms with Crippen molar-refractivity contribution in [3.05, 3.63) is 106 Å². The Kier molecular flexibility index (Phi) is 4.59. The SMILES string of the molecule is Cc1ccc(C2=NC(=Cc3ccccc3)CN2c2ccc(Cl)cc2)cc1. The standard InChI is InChI=1S/C23H19ClN2/c1-17-7-9-19(10-8-17)23-25-21(15-18-5-3-2-4-6-18)16-26(23)22-13-11-20(24)12-14-22/h2-15H,16H2,1H3. The van der Waals surface area contributed by atoms with Crippen molar-refractivity contribution in [3.63, 3.8) is 0 Å². The lowest BCUT2D eigenvalue weighted by Gasteiger charge is -2.20. The normalized spacial score (nSPS) is 15.4. The Hall–Kier alpha value is -2.84. The van der Waals surface area contributed by atoms with E-state index in [1.807, 2.05) is 42.5 Å². The molecule has 0 fully saturated rings. The third kappa shape index (κ3) is 3.56. The van der Waals surface area contributed by atoms with Gasteiger partial charge in [-0.2, -0.15) is 0 Å². The van der Waals surface area contributed by atoms with E-state index in [1.165, 1.54) is 5.56 Å². The van der Waals surface area contributed by atoms with E-state index in [2.05, 4.69) is 54.3 Å². The van der Waals surface area contributed by atoms with Gasteiger partial charge in [0.25, 0.3) is 0 Å². The van der Waals surface area contributed by atoms with E-state index in [4.69, 9.17) is 16.6 Å². The molecule has 0 radical (unpaired) electrons. The van der Waals surface area contributed by atoms with Crippen LogP contribution in [0.4, 0.5) is 5.69 Å². The van der Waals surface area contributed by atoms with Crippen LogP contribution in [0.25, 0.3) is 6.08 Å². The van der Waals surface area contributed by atoms with E-state index >= 15 is 0 Å². The highest BCUT2D eigenvalue weighted by Gasteiger charge is 2.23. The van der Waals surface area contributed by atoms with Crippen molar-refractivity contribution in [2.24, 2.45) is 4.99 Å². The summed E-state index contributed by atoms with van der Waals surface area (Å²) in [5.41, 5.74) is 5.65. The summed E-state index contributed by atoms with van der Waals surface area (Å²) in [5.74, 6) is 0.967. The van der Waals surface area contributed by atoms with Gasteiger partial charge in [0, 0.05) is 16.3 Å². The molecule has 1 aliphatic heterocycles. The zero-order valence-corrected chi connectivity index (χ0v) is 15.3. The van der Waals surface area contributed by atoms with Gasteiger partial charge in [-0.05, 0) is 42.8 Å². The number of halogens is 1. The summed E-state index contributed by atoms with van der Waals surface area (Å²) in [5, 5.41) is 0.738. The van der Waals surface area contributed by atoms with Crippen molar-refractivity contribution < 1.29 is 0 Å². The van der Waals surface area contributed by atoms with Gasteiger partial charge in [-0.3, -0.25) is 0 Å². The maximum atomic E-state index is 6.07. The third-order valence-corrected chi connectivity index (χ3v) is 4.66. The minimum absolute atomic E-state index is 0.736. The Balaban J connectivity index is 1.75. The van der Waals surface area contributed by atoms with Gasteiger partial charge < -0.3 is 4.90 Å². The van der Waals surface area contributed by atoms with Crippen LogP contribution in [0.1, 0.15) is 16.7 Å². The monoisotopic (exact) mass is 358 g/mol. The average Bonchev–Trinajstić information content (AvgIpc) is 3.07. The van der Waals surface area contributed by atoms with Crippen LogP contribution < -0.4 is 4.90 Å². The molecule has 128 valence electrons. The van der Waals surface area contributed by atoms with Gasteiger partial charge in [0.2, 0.25) is 0 Å². The number of hydrogen-bond acceptors (Lipinski definition) is 2. The summed E-state index contributed by atoms with van der Waals surface area (Å²) in [4.78, 5) is 7.17. The second-order valence-corrected chi connectivity index (χ2v) is 6.85. The Morgan fingerprint density at radius 1 is 0.885 bits per heavy atom. The van der Waals surface area contributed by atoms with Crippen LogP contribution in [0.15, 0.2) is 89.6 Å². The number of nitrogens with zero attached hydrogens (tertiary/aromatic N) is 2. The first-order chi connectivity index (χ1) is 12.7. The molecule has 3 aromatic carbocycles. The molecule has 0 aliphatic carbocycles. The van der Waals surface area contributed by atoms with Crippen LogP contribution in [0.3, 0.4) is 0 Å². The number of amidine groups is 1. The quantitative estimate of drug-likeness (QED) is 0.564. The van der Waals surface area contributed by atoms with E-state index in [1.54, 1.807) is 0 Å². The summed E-state index contributed by atoms with van der Waals surface area (Å²) >= 11 is 6.07. The molecule has 0 unspecified atom stereocenters. The molecule has 0 saturated heterocycles. The summed E-state index contributed by atoms with van der Waals surface area (Å²) in [6.07, 6.45) is 2.14. The molecule has 2 nitrogen and oxygen atoms in total. The molecule has 1 aliphatic rings. The highest BCUT2D eigenvalue weighted by atomic mass is 35.5. The summed E-state index contributed by atoms with van der Waals surface area (Å²) in [6.45, 7) is 2.83.